The molecule has 15 heavy (non-hydrogen) atoms. The monoisotopic (exact) mass is 235 g/mol. The molecule has 0 aromatic heterocycles. The summed E-state index contributed by atoms with van der Waals surface area (Å²) in [6.07, 6.45) is 0. The zero-order valence-corrected chi connectivity index (χ0v) is 10.00. The second kappa shape index (κ2) is 6.30. The molecule has 88 valence electrons. The number of amides is 1. The topological polar surface area (TPSA) is 38.8 Å². The van der Waals surface area contributed by atoms with Gasteiger partial charge in [0.1, 0.15) is 5.38 Å². The zero-order chi connectivity index (χ0) is 11.3. The maximum atomic E-state index is 11.9. The molecule has 1 aliphatic rings. The van der Waals surface area contributed by atoms with Crippen LogP contribution in [0.3, 0.4) is 0 Å². The van der Waals surface area contributed by atoms with E-state index in [2.05, 4.69) is 0 Å². The van der Waals surface area contributed by atoms with Crippen molar-refractivity contribution in [3.63, 3.8) is 0 Å². The fourth-order valence-electron chi connectivity index (χ4n) is 1.55. The van der Waals surface area contributed by atoms with E-state index in [1.807, 2.05) is 6.92 Å². The summed E-state index contributed by atoms with van der Waals surface area (Å²) in [4.78, 5) is 13.7. The number of rotatable bonds is 4. The van der Waals surface area contributed by atoms with Crippen molar-refractivity contribution >= 4 is 17.5 Å². The van der Waals surface area contributed by atoms with E-state index < -0.39 is 5.38 Å². The smallest absolute Gasteiger partial charge is 0.241 e. The standard InChI is InChI=1S/C10H18ClNO3/c1-8(7-14-2)9(11)10(13)12-3-5-15-6-4-12/h8-9H,3-7H2,1-2H3. The molecule has 4 nitrogen and oxygen atoms in total. The average molecular weight is 236 g/mol. The van der Waals surface area contributed by atoms with Gasteiger partial charge in [-0.3, -0.25) is 4.79 Å². The second-order valence-electron chi connectivity index (χ2n) is 3.77. The Bertz CT molecular complexity index is 207. The summed E-state index contributed by atoms with van der Waals surface area (Å²) < 4.78 is 10.2. The summed E-state index contributed by atoms with van der Waals surface area (Å²) in [5.74, 6) is 0.0246. The van der Waals surface area contributed by atoms with Crippen molar-refractivity contribution < 1.29 is 14.3 Å². The molecule has 0 radical (unpaired) electrons. The van der Waals surface area contributed by atoms with E-state index in [4.69, 9.17) is 21.1 Å². The molecule has 0 aromatic carbocycles. The van der Waals surface area contributed by atoms with Gasteiger partial charge in [0.15, 0.2) is 0 Å². The SMILES string of the molecule is COCC(C)C(Cl)C(=O)N1CCOCC1. The van der Waals surface area contributed by atoms with Gasteiger partial charge in [0.25, 0.3) is 0 Å². The van der Waals surface area contributed by atoms with Crippen molar-refractivity contribution in [1.29, 1.82) is 0 Å². The van der Waals surface area contributed by atoms with Gasteiger partial charge in [-0.25, -0.2) is 0 Å². The molecule has 0 saturated carbocycles. The summed E-state index contributed by atoms with van der Waals surface area (Å²) in [7, 11) is 1.61. The molecule has 0 N–H and O–H groups in total. The van der Waals surface area contributed by atoms with Crippen molar-refractivity contribution in [1.82, 2.24) is 4.90 Å². The molecule has 5 heteroatoms. The molecule has 1 saturated heterocycles. The van der Waals surface area contributed by atoms with Crippen LogP contribution in [0.15, 0.2) is 0 Å². The van der Waals surface area contributed by atoms with Crippen LogP contribution in [0.2, 0.25) is 0 Å². The number of carbonyl (C=O) groups excluding carboxylic acids is 1. The number of carbonyl (C=O) groups is 1. The Kier molecular flexibility index (Phi) is 5.36. The Balaban J connectivity index is 2.43. The van der Waals surface area contributed by atoms with Crippen LogP contribution in [-0.4, -0.2) is 56.2 Å². The van der Waals surface area contributed by atoms with Crippen LogP contribution in [0.1, 0.15) is 6.92 Å². The molecular formula is C10H18ClNO3. The Labute approximate surface area is 95.5 Å². The van der Waals surface area contributed by atoms with Gasteiger partial charge in [-0.05, 0) is 0 Å². The lowest BCUT2D eigenvalue weighted by atomic mass is 10.1. The van der Waals surface area contributed by atoms with Gasteiger partial charge in [0, 0.05) is 26.1 Å². The number of nitrogens with zero attached hydrogens (tertiary/aromatic N) is 1. The van der Waals surface area contributed by atoms with Crippen LogP contribution >= 0.6 is 11.6 Å². The summed E-state index contributed by atoms with van der Waals surface area (Å²) in [6, 6.07) is 0. The highest BCUT2D eigenvalue weighted by Gasteiger charge is 2.28. The summed E-state index contributed by atoms with van der Waals surface area (Å²) >= 11 is 6.08. The largest absolute Gasteiger partial charge is 0.384 e. The molecule has 1 amide bonds. The van der Waals surface area contributed by atoms with E-state index >= 15 is 0 Å². The first-order chi connectivity index (χ1) is 7.16. The second-order valence-corrected chi connectivity index (χ2v) is 4.24. The van der Waals surface area contributed by atoms with Crippen LogP contribution in [0, 0.1) is 5.92 Å². The number of ether oxygens (including phenoxy) is 2. The molecular weight excluding hydrogens is 218 g/mol. The lowest BCUT2D eigenvalue weighted by Crippen LogP contribution is -2.46. The highest BCUT2D eigenvalue weighted by molar-refractivity contribution is 6.30. The molecule has 0 spiro atoms. The van der Waals surface area contributed by atoms with E-state index in [1.165, 1.54) is 0 Å². The molecule has 2 unspecified atom stereocenters. The number of methoxy groups -OCH3 is 1. The molecule has 1 fully saturated rings. The van der Waals surface area contributed by atoms with Gasteiger partial charge in [-0.2, -0.15) is 0 Å². The molecule has 0 bridgehead atoms. The van der Waals surface area contributed by atoms with Crippen molar-refractivity contribution in [2.45, 2.75) is 12.3 Å². The van der Waals surface area contributed by atoms with Gasteiger partial charge in [-0.15, -0.1) is 11.6 Å². The third kappa shape index (κ3) is 3.63. The predicted molar refractivity (Wildman–Crippen MR) is 58.1 cm³/mol. The highest BCUT2D eigenvalue weighted by Crippen LogP contribution is 2.15. The Morgan fingerprint density at radius 2 is 2.13 bits per heavy atom. The Morgan fingerprint density at radius 3 is 2.67 bits per heavy atom. The van der Waals surface area contributed by atoms with Crippen molar-refractivity contribution in [3.05, 3.63) is 0 Å². The number of hydrogen-bond donors (Lipinski definition) is 0. The number of morpholine rings is 1. The first-order valence-corrected chi connectivity index (χ1v) is 5.60. The first kappa shape index (κ1) is 12.7. The van der Waals surface area contributed by atoms with E-state index in [0.717, 1.165) is 0 Å². The minimum atomic E-state index is -0.497. The summed E-state index contributed by atoms with van der Waals surface area (Å²) in [5, 5.41) is -0.497. The fraction of sp³-hybridized carbons (Fsp3) is 0.900. The number of halogens is 1. The Morgan fingerprint density at radius 1 is 1.53 bits per heavy atom. The van der Waals surface area contributed by atoms with Gasteiger partial charge in [-0.1, -0.05) is 6.92 Å². The average Bonchev–Trinajstić information content (AvgIpc) is 2.28. The molecule has 1 heterocycles. The molecule has 0 aromatic rings. The van der Waals surface area contributed by atoms with Crippen LogP contribution < -0.4 is 0 Å². The maximum Gasteiger partial charge on any atom is 0.241 e. The van der Waals surface area contributed by atoms with Gasteiger partial charge >= 0.3 is 0 Å². The lowest BCUT2D eigenvalue weighted by Gasteiger charge is -2.30. The molecule has 2 atom stereocenters. The van der Waals surface area contributed by atoms with E-state index in [-0.39, 0.29) is 11.8 Å². The van der Waals surface area contributed by atoms with Gasteiger partial charge < -0.3 is 14.4 Å². The van der Waals surface area contributed by atoms with Crippen LogP contribution in [-0.2, 0) is 14.3 Å². The number of hydrogen-bond acceptors (Lipinski definition) is 3. The summed E-state index contributed by atoms with van der Waals surface area (Å²) in [6.45, 7) is 4.91. The van der Waals surface area contributed by atoms with E-state index in [9.17, 15) is 4.79 Å². The maximum absolute atomic E-state index is 11.9. The first-order valence-electron chi connectivity index (χ1n) is 5.16. The van der Waals surface area contributed by atoms with Crippen molar-refractivity contribution in [2.75, 3.05) is 40.0 Å². The van der Waals surface area contributed by atoms with Crippen LogP contribution in [0.4, 0.5) is 0 Å². The van der Waals surface area contributed by atoms with Crippen LogP contribution in [0.25, 0.3) is 0 Å². The summed E-state index contributed by atoms with van der Waals surface area (Å²) in [5.41, 5.74) is 0. The zero-order valence-electron chi connectivity index (χ0n) is 9.24. The quantitative estimate of drug-likeness (QED) is 0.675. The third-order valence-electron chi connectivity index (χ3n) is 2.49. The Hall–Kier alpha value is -0.320. The molecule has 1 rings (SSSR count). The number of alkyl halides is 1. The van der Waals surface area contributed by atoms with Gasteiger partial charge in [0.05, 0.1) is 19.8 Å². The fourth-order valence-corrected chi connectivity index (χ4v) is 1.76. The van der Waals surface area contributed by atoms with Crippen LogP contribution in [0.5, 0.6) is 0 Å². The van der Waals surface area contributed by atoms with Gasteiger partial charge in [0.2, 0.25) is 5.91 Å². The molecule has 1 aliphatic heterocycles. The van der Waals surface area contributed by atoms with E-state index in [1.54, 1.807) is 12.0 Å². The minimum Gasteiger partial charge on any atom is -0.384 e. The van der Waals surface area contributed by atoms with Crippen molar-refractivity contribution in [2.24, 2.45) is 5.92 Å². The van der Waals surface area contributed by atoms with Crippen molar-refractivity contribution in [3.8, 4) is 0 Å². The minimum absolute atomic E-state index is 0.00971. The lowest BCUT2D eigenvalue weighted by molar-refractivity contribution is -0.136. The molecule has 0 aliphatic carbocycles. The highest BCUT2D eigenvalue weighted by atomic mass is 35.5. The third-order valence-corrected chi connectivity index (χ3v) is 3.10. The predicted octanol–water partition coefficient (Wildman–Crippen LogP) is 0.735. The normalized spacial score (nSPS) is 21.1. The van der Waals surface area contributed by atoms with E-state index in [0.29, 0.717) is 32.9 Å².